The number of nitrogens with zero attached hydrogens (tertiary/aromatic N) is 2. The molecule has 0 aromatic heterocycles. The van der Waals surface area contributed by atoms with Gasteiger partial charge in [0.05, 0.1) is 22.0 Å². The van der Waals surface area contributed by atoms with Crippen molar-refractivity contribution in [3.8, 4) is 0 Å². The molecule has 0 aliphatic carbocycles. The first-order valence-electron chi connectivity index (χ1n) is 9.66. The average molecular weight is 504 g/mol. The van der Waals surface area contributed by atoms with Gasteiger partial charge in [0.15, 0.2) is 0 Å². The van der Waals surface area contributed by atoms with Crippen molar-refractivity contribution in [2.75, 3.05) is 24.2 Å². The normalized spacial score (nSPS) is 12.2. The van der Waals surface area contributed by atoms with Crippen molar-refractivity contribution in [2.24, 2.45) is 0 Å². The Labute approximate surface area is 197 Å². The fourth-order valence-corrected chi connectivity index (χ4v) is 4.33. The SMILES string of the molecule is CCC(C(=O)NC)N(Cc1ccc(Cl)c(Cl)c1)C(=O)CN(c1cccc(F)c1)S(C)(=O)=O. The van der Waals surface area contributed by atoms with E-state index in [0.29, 0.717) is 10.6 Å². The zero-order valence-corrected chi connectivity index (χ0v) is 20.1. The lowest BCUT2D eigenvalue weighted by molar-refractivity contribution is -0.140. The molecule has 0 fully saturated rings. The van der Waals surface area contributed by atoms with Crippen molar-refractivity contribution in [2.45, 2.75) is 25.9 Å². The number of likely N-dealkylation sites (N-methyl/N-ethyl adjacent to an activating group) is 1. The van der Waals surface area contributed by atoms with Crippen LogP contribution in [0.25, 0.3) is 0 Å². The van der Waals surface area contributed by atoms with E-state index >= 15 is 0 Å². The predicted octanol–water partition coefficient (Wildman–Crippen LogP) is 3.45. The van der Waals surface area contributed by atoms with Crippen LogP contribution in [-0.4, -0.2) is 51.0 Å². The largest absolute Gasteiger partial charge is 0.357 e. The Morgan fingerprint density at radius 1 is 1.12 bits per heavy atom. The zero-order chi connectivity index (χ0) is 24.1. The van der Waals surface area contributed by atoms with E-state index in [9.17, 15) is 22.4 Å². The van der Waals surface area contributed by atoms with Crippen LogP contribution in [0.1, 0.15) is 18.9 Å². The number of hydrogen-bond acceptors (Lipinski definition) is 4. The summed E-state index contributed by atoms with van der Waals surface area (Å²) in [5.74, 6) is -1.69. The minimum absolute atomic E-state index is 0.00308. The second-order valence-corrected chi connectivity index (χ2v) is 9.78. The van der Waals surface area contributed by atoms with Crippen molar-refractivity contribution in [3.63, 3.8) is 0 Å². The Morgan fingerprint density at radius 2 is 1.81 bits per heavy atom. The Hall–Kier alpha value is -2.36. The second kappa shape index (κ2) is 11.0. The highest BCUT2D eigenvalue weighted by Gasteiger charge is 2.31. The third kappa shape index (κ3) is 6.57. The Kier molecular flexibility index (Phi) is 8.89. The monoisotopic (exact) mass is 503 g/mol. The molecule has 1 atom stereocenters. The molecule has 0 saturated carbocycles. The van der Waals surface area contributed by atoms with E-state index in [0.717, 1.165) is 16.6 Å². The average Bonchev–Trinajstić information content (AvgIpc) is 2.73. The van der Waals surface area contributed by atoms with Crippen LogP contribution in [0.3, 0.4) is 0 Å². The second-order valence-electron chi connectivity index (χ2n) is 7.06. The van der Waals surface area contributed by atoms with E-state index in [1.165, 1.54) is 30.1 Å². The highest BCUT2D eigenvalue weighted by Crippen LogP contribution is 2.25. The van der Waals surface area contributed by atoms with Crippen LogP contribution < -0.4 is 9.62 Å². The van der Waals surface area contributed by atoms with Crippen LogP contribution in [0.4, 0.5) is 10.1 Å². The van der Waals surface area contributed by atoms with E-state index in [1.54, 1.807) is 25.1 Å². The third-order valence-electron chi connectivity index (χ3n) is 4.74. The number of nitrogens with one attached hydrogen (secondary N) is 1. The first-order chi connectivity index (χ1) is 15.0. The molecule has 2 aromatic carbocycles. The number of halogens is 3. The molecular weight excluding hydrogens is 480 g/mol. The summed E-state index contributed by atoms with van der Waals surface area (Å²) in [4.78, 5) is 27.1. The molecule has 11 heteroatoms. The highest BCUT2D eigenvalue weighted by molar-refractivity contribution is 7.92. The van der Waals surface area contributed by atoms with E-state index in [2.05, 4.69) is 5.32 Å². The van der Waals surface area contributed by atoms with Gasteiger partial charge in [-0.25, -0.2) is 12.8 Å². The van der Waals surface area contributed by atoms with Crippen molar-refractivity contribution in [3.05, 3.63) is 63.9 Å². The number of sulfonamides is 1. The molecule has 2 amide bonds. The maximum Gasteiger partial charge on any atom is 0.244 e. The van der Waals surface area contributed by atoms with Gasteiger partial charge >= 0.3 is 0 Å². The van der Waals surface area contributed by atoms with Crippen LogP contribution in [0.5, 0.6) is 0 Å². The van der Waals surface area contributed by atoms with Crippen LogP contribution in [0, 0.1) is 5.82 Å². The number of carbonyl (C=O) groups excluding carboxylic acids is 2. The number of hydrogen-bond donors (Lipinski definition) is 1. The Morgan fingerprint density at radius 3 is 2.34 bits per heavy atom. The van der Waals surface area contributed by atoms with Crippen molar-refractivity contribution < 1.29 is 22.4 Å². The maximum atomic E-state index is 13.7. The van der Waals surface area contributed by atoms with Crippen molar-refractivity contribution in [1.82, 2.24) is 10.2 Å². The molecule has 0 saturated heterocycles. The minimum Gasteiger partial charge on any atom is -0.357 e. The van der Waals surface area contributed by atoms with E-state index in [-0.39, 0.29) is 23.7 Å². The van der Waals surface area contributed by atoms with Crippen LogP contribution in [-0.2, 0) is 26.2 Å². The van der Waals surface area contributed by atoms with Gasteiger partial charge in [-0.15, -0.1) is 0 Å². The molecule has 174 valence electrons. The van der Waals surface area contributed by atoms with Gasteiger partial charge in [0.25, 0.3) is 0 Å². The molecule has 0 spiro atoms. The van der Waals surface area contributed by atoms with E-state index < -0.39 is 40.2 Å². The summed E-state index contributed by atoms with van der Waals surface area (Å²) in [6.45, 7) is 1.11. The van der Waals surface area contributed by atoms with Gasteiger partial charge in [-0.1, -0.05) is 42.3 Å². The lowest BCUT2D eigenvalue weighted by Gasteiger charge is -2.32. The van der Waals surface area contributed by atoms with E-state index in [4.69, 9.17) is 23.2 Å². The minimum atomic E-state index is -3.93. The smallest absolute Gasteiger partial charge is 0.244 e. The number of rotatable bonds is 9. The number of amides is 2. The lowest BCUT2D eigenvalue weighted by Crippen LogP contribution is -2.51. The summed E-state index contributed by atoms with van der Waals surface area (Å²) in [7, 11) is -2.48. The van der Waals surface area contributed by atoms with Gasteiger partial charge in [0, 0.05) is 13.6 Å². The standard InChI is InChI=1S/C21H24Cl2FN3O4S/c1-4-19(21(29)25-2)26(12-14-8-9-17(22)18(23)10-14)20(28)13-27(32(3,30)31)16-7-5-6-15(24)11-16/h5-11,19H,4,12-13H2,1-3H3,(H,25,29). The fraction of sp³-hybridized carbons (Fsp3) is 0.333. The summed E-state index contributed by atoms with van der Waals surface area (Å²) in [5.41, 5.74) is 0.607. The zero-order valence-electron chi connectivity index (χ0n) is 17.8. The topological polar surface area (TPSA) is 86.8 Å². The van der Waals surface area contributed by atoms with Gasteiger partial charge < -0.3 is 10.2 Å². The van der Waals surface area contributed by atoms with Gasteiger partial charge in [-0.3, -0.25) is 13.9 Å². The number of anilines is 1. The third-order valence-corrected chi connectivity index (χ3v) is 6.62. The first kappa shape index (κ1) is 25.9. The van der Waals surface area contributed by atoms with Gasteiger partial charge in [-0.05, 0) is 42.3 Å². The molecule has 1 N–H and O–H groups in total. The number of carbonyl (C=O) groups is 2. The molecule has 1 unspecified atom stereocenters. The van der Waals surface area contributed by atoms with Crippen molar-refractivity contribution in [1.29, 1.82) is 0 Å². The molecule has 0 aliphatic heterocycles. The molecule has 7 nitrogen and oxygen atoms in total. The summed E-state index contributed by atoms with van der Waals surface area (Å²) < 4.78 is 39.3. The Balaban J connectivity index is 2.44. The van der Waals surface area contributed by atoms with Gasteiger partial charge in [0.2, 0.25) is 21.8 Å². The molecule has 2 rings (SSSR count). The van der Waals surface area contributed by atoms with Crippen LogP contribution in [0.15, 0.2) is 42.5 Å². The first-order valence-corrected chi connectivity index (χ1v) is 12.3. The summed E-state index contributed by atoms with van der Waals surface area (Å²) >= 11 is 12.0. The van der Waals surface area contributed by atoms with Crippen LogP contribution >= 0.6 is 23.2 Å². The molecule has 0 aliphatic rings. The van der Waals surface area contributed by atoms with Gasteiger partial charge in [-0.2, -0.15) is 0 Å². The molecular formula is C21H24Cl2FN3O4S. The van der Waals surface area contributed by atoms with Gasteiger partial charge in [0.1, 0.15) is 18.4 Å². The van der Waals surface area contributed by atoms with Crippen LogP contribution in [0.2, 0.25) is 10.0 Å². The summed E-state index contributed by atoms with van der Waals surface area (Å²) in [5, 5.41) is 3.13. The summed E-state index contributed by atoms with van der Waals surface area (Å²) in [6.07, 6.45) is 1.20. The van der Waals surface area contributed by atoms with Crippen molar-refractivity contribution >= 4 is 50.7 Å². The lowest BCUT2D eigenvalue weighted by atomic mass is 10.1. The molecule has 0 radical (unpaired) electrons. The fourth-order valence-electron chi connectivity index (χ4n) is 3.17. The quantitative estimate of drug-likeness (QED) is 0.567. The maximum absolute atomic E-state index is 13.7. The molecule has 0 heterocycles. The molecule has 0 bridgehead atoms. The predicted molar refractivity (Wildman–Crippen MR) is 124 cm³/mol. The highest BCUT2D eigenvalue weighted by atomic mass is 35.5. The number of benzene rings is 2. The van der Waals surface area contributed by atoms with E-state index in [1.807, 2.05) is 0 Å². The Bertz CT molecular complexity index is 1100. The molecule has 32 heavy (non-hydrogen) atoms. The summed E-state index contributed by atoms with van der Waals surface area (Å²) in [6, 6.07) is 8.85. The molecule has 2 aromatic rings.